The van der Waals surface area contributed by atoms with E-state index in [1.165, 1.54) is 6.07 Å². The van der Waals surface area contributed by atoms with E-state index < -0.39 is 39.8 Å². The highest BCUT2D eigenvalue weighted by atomic mass is 35.5. The lowest BCUT2D eigenvalue weighted by molar-refractivity contribution is -0.137. The second kappa shape index (κ2) is 6.33. The van der Waals surface area contributed by atoms with E-state index in [0.717, 1.165) is 19.2 Å². The van der Waals surface area contributed by atoms with Crippen molar-refractivity contribution in [3.05, 3.63) is 23.2 Å². The highest BCUT2D eigenvalue weighted by molar-refractivity contribution is 7.89. The Hall–Kier alpha value is -1.45. The Morgan fingerprint density at radius 1 is 1.50 bits per heavy atom. The fraction of sp³-hybridized carbons (Fsp3) is 0.300. The maximum absolute atomic E-state index is 12.2. The third-order valence-electron chi connectivity index (χ3n) is 2.17. The Kier molecular flexibility index (Phi) is 5.26. The van der Waals surface area contributed by atoms with Gasteiger partial charge in [0.25, 0.3) is 0 Å². The van der Waals surface area contributed by atoms with Crippen molar-refractivity contribution in [2.75, 3.05) is 13.6 Å². The van der Waals surface area contributed by atoms with Crippen LogP contribution in [-0.2, 0) is 14.8 Å². The van der Waals surface area contributed by atoms with E-state index in [-0.39, 0.29) is 5.02 Å². The number of hydrogen-bond donors (Lipinski definition) is 1. The van der Waals surface area contributed by atoms with Crippen molar-refractivity contribution in [1.29, 1.82) is 0 Å². The van der Waals surface area contributed by atoms with Crippen molar-refractivity contribution >= 4 is 27.6 Å². The van der Waals surface area contributed by atoms with Gasteiger partial charge in [-0.1, -0.05) is 11.6 Å². The molecule has 0 atom stereocenters. The normalized spacial score (nSPS) is 11.9. The van der Waals surface area contributed by atoms with Gasteiger partial charge in [-0.15, -0.1) is 0 Å². The van der Waals surface area contributed by atoms with Gasteiger partial charge in [0.15, 0.2) is 0 Å². The van der Waals surface area contributed by atoms with Crippen LogP contribution in [0.1, 0.15) is 0 Å². The van der Waals surface area contributed by atoms with Gasteiger partial charge in [0, 0.05) is 12.1 Å². The molecular weight excluding hydrogens is 320 g/mol. The minimum absolute atomic E-state index is 0.0195. The molecule has 0 unspecified atom stereocenters. The first kappa shape index (κ1) is 16.6. The number of carboxylic acid groups (broad SMARTS) is 1. The summed E-state index contributed by atoms with van der Waals surface area (Å²) in [5.74, 6) is -2.00. The monoisotopic (exact) mass is 329 g/mol. The highest BCUT2D eigenvalue weighted by Gasteiger charge is 2.27. The van der Waals surface area contributed by atoms with Crippen molar-refractivity contribution in [2.24, 2.45) is 0 Å². The maximum Gasteiger partial charge on any atom is 0.387 e. The number of nitrogens with zero attached hydrogens (tertiary/aromatic N) is 1. The van der Waals surface area contributed by atoms with Crippen molar-refractivity contribution in [3.63, 3.8) is 0 Å². The first-order chi connectivity index (χ1) is 9.14. The second-order valence-corrected chi connectivity index (χ2v) is 6.07. The molecule has 1 rings (SSSR count). The fourth-order valence-electron chi connectivity index (χ4n) is 1.32. The molecule has 0 aliphatic rings. The Labute approximate surface area is 118 Å². The number of benzene rings is 1. The van der Waals surface area contributed by atoms with Crippen LogP contribution in [0.3, 0.4) is 0 Å². The maximum atomic E-state index is 12.2. The third kappa shape index (κ3) is 4.02. The Morgan fingerprint density at radius 2 is 2.10 bits per heavy atom. The van der Waals surface area contributed by atoms with Crippen molar-refractivity contribution in [3.8, 4) is 5.75 Å². The molecule has 0 radical (unpaired) electrons. The molecule has 20 heavy (non-hydrogen) atoms. The molecule has 6 nitrogen and oxygen atoms in total. The van der Waals surface area contributed by atoms with Crippen LogP contribution in [0.25, 0.3) is 0 Å². The zero-order chi connectivity index (χ0) is 15.5. The average molecular weight is 330 g/mol. The van der Waals surface area contributed by atoms with Gasteiger partial charge in [0.05, 0.1) is 0 Å². The Morgan fingerprint density at radius 3 is 2.60 bits per heavy atom. The van der Waals surface area contributed by atoms with Crippen LogP contribution in [0.15, 0.2) is 23.1 Å². The number of aliphatic carboxylic acids is 1. The van der Waals surface area contributed by atoms with Gasteiger partial charge in [-0.3, -0.25) is 4.79 Å². The van der Waals surface area contributed by atoms with E-state index in [0.29, 0.717) is 4.31 Å². The molecule has 0 aromatic heterocycles. The predicted molar refractivity (Wildman–Crippen MR) is 65.5 cm³/mol. The van der Waals surface area contributed by atoms with Crippen molar-refractivity contribution in [1.82, 2.24) is 4.31 Å². The summed E-state index contributed by atoms with van der Waals surface area (Å²) in [7, 11) is -3.33. The van der Waals surface area contributed by atoms with Gasteiger partial charge in [0.1, 0.15) is 17.2 Å². The molecule has 1 aromatic carbocycles. The number of ether oxygens (including phenoxy) is 1. The summed E-state index contributed by atoms with van der Waals surface area (Å²) in [6, 6.07) is 3.05. The summed E-state index contributed by atoms with van der Waals surface area (Å²) in [6.45, 7) is -4.06. The summed E-state index contributed by atoms with van der Waals surface area (Å²) in [5.41, 5.74) is 0. The standard InChI is InChI=1S/C10H10ClF2NO5S/c1-14(5-9(15)16)20(17,18)8-4-6(11)2-3-7(8)19-10(12)13/h2-4,10H,5H2,1H3,(H,15,16). The molecule has 0 spiro atoms. The molecule has 0 saturated carbocycles. The highest BCUT2D eigenvalue weighted by Crippen LogP contribution is 2.30. The van der Waals surface area contributed by atoms with Gasteiger partial charge in [0.2, 0.25) is 10.0 Å². The summed E-state index contributed by atoms with van der Waals surface area (Å²) in [6.07, 6.45) is 0. The molecule has 1 aromatic rings. The number of sulfonamides is 1. The number of carboxylic acids is 1. The van der Waals surface area contributed by atoms with Crippen LogP contribution in [0, 0.1) is 0 Å². The average Bonchev–Trinajstić information content (AvgIpc) is 2.29. The van der Waals surface area contributed by atoms with Crippen LogP contribution < -0.4 is 4.74 Å². The molecule has 0 heterocycles. The lowest BCUT2D eigenvalue weighted by atomic mass is 10.3. The summed E-state index contributed by atoms with van der Waals surface area (Å²) in [4.78, 5) is 9.90. The van der Waals surface area contributed by atoms with E-state index in [1.54, 1.807) is 0 Å². The molecule has 10 heteroatoms. The van der Waals surface area contributed by atoms with Gasteiger partial charge >= 0.3 is 12.6 Å². The smallest absolute Gasteiger partial charge is 0.387 e. The number of likely N-dealkylation sites (N-methyl/N-ethyl adjacent to an activating group) is 1. The Balaban J connectivity index is 3.28. The number of carbonyl (C=O) groups is 1. The largest absolute Gasteiger partial charge is 0.480 e. The molecule has 112 valence electrons. The SMILES string of the molecule is CN(CC(=O)O)S(=O)(=O)c1cc(Cl)ccc1OC(F)F. The van der Waals surface area contributed by atoms with Crippen LogP contribution in [0.4, 0.5) is 8.78 Å². The molecule has 0 saturated heterocycles. The molecule has 0 amide bonds. The number of alkyl halides is 2. The third-order valence-corrected chi connectivity index (χ3v) is 4.23. The quantitative estimate of drug-likeness (QED) is 0.858. The summed E-state index contributed by atoms with van der Waals surface area (Å²) >= 11 is 5.63. The van der Waals surface area contributed by atoms with E-state index in [2.05, 4.69) is 4.74 Å². The topological polar surface area (TPSA) is 83.9 Å². The van der Waals surface area contributed by atoms with Crippen molar-refractivity contribution < 1.29 is 31.8 Å². The molecule has 1 N–H and O–H groups in total. The van der Waals surface area contributed by atoms with Gasteiger partial charge in [-0.05, 0) is 18.2 Å². The van der Waals surface area contributed by atoms with Gasteiger partial charge in [-0.2, -0.15) is 13.1 Å². The minimum Gasteiger partial charge on any atom is -0.480 e. The molecule has 0 bridgehead atoms. The van der Waals surface area contributed by atoms with Crippen molar-refractivity contribution in [2.45, 2.75) is 11.5 Å². The first-order valence-electron chi connectivity index (χ1n) is 5.07. The van der Waals surface area contributed by atoms with E-state index in [4.69, 9.17) is 16.7 Å². The molecule has 0 aliphatic heterocycles. The van der Waals surface area contributed by atoms with E-state index in [9.17, 15) is 22.0 Å². The zero-order valence-electron chi connectivity index (χ0n) is 10.1. The first-order valence-corrected chi connectivity index (χ1v) is 6.89. The van der Waals surface area contributed by atoms with Gasteiger partial charge < -0.3 is 9.84 Å². The number of halogens is 3. The molecular formula is C10H10ClF2NO5S. The Bertz CT molecular complexity index is 608. The minimum atomic E-state index is -4.32. The second-order valence-electron chi connectivity index (χ2n) is 3.62. The number of hydrogen-bond acceptors (Lipinski definition) is 4. The van der Waals surface area contributed by atoms with Crippen LogP contribution in [0.5, 0.6) is 5.75 Å². The number of rotatable bonds is 6. The van der Waals surface area contributed by atoms with E-state index >= 15 is 0 Å². The molecule has 0 fully saturated rings. The summed E-state index contributed by atoms with van der Waals surface area (Å²) < 4.78 is 53.3. The van der Waals surface area contributed by atoms with Crippen LogP contribution >= 0.6 is 11.6 Å². The lowest BCUT2D eigenvalue weighted by Crippen LogP contribution is -2.32. The lowest BCUT2D eigenvalue weighted by Gasteiger charge is -2.17. The zero-order valence-corrected chi connectivity index (χ0v) is 11.7. The fourth-order valence-corrected chi connectivity index (χ4v) is 2.82. The van der Waals surface area contributed by atoms with Crippen LogP contribution in [0.2, 0.25) is 5.02 Å². The molecule has 0 aliphatic carbocycles. The summed E-state index contributed by atoms with van der Waals surface area (Å²) in [5, 5.41) is 8.56. The van der Waals surface area contributed by atoms with Crippen LogP contribution in [-0.4, -0.2) is 44.0 Å². The van der Waals surface area contributed by atoms with E-state index in [1.807, 2.05) is 0 Å². The predicted octanol–water partition coefficient (Wildman–Crippen LogP) is 1.65. The van der Waals surface area contributed by atoms with Gasteiger partial charge in [-0.25, -0.2) is 8.42 Å².